The summed E-state index contributed by atoms with van der Waals surface area (Å²) in [5.74, 6) is 0.0891. The van der Waals surface area contributed by atoms with Crippen LogP contribution in [0.4, 0.5) is 0 Å². The van der Waals surface area contributed by atoms with Crippen LogP contribution in [0.3, 0.4) is 0 Å². The zero-order valence-electron chi connectivity index (χ0n) is 15.6. The number of rotatable bonds is 5. The third kappa shape index (κ3) is 4.50. The molecule has 0 radical (unpaired) electrons. The van der Waals surface area contributed by atoms with Crippen LogP contribution in [0.2, 0.25) is 0 Å². The van der Waals surface area contributed by atoms with E-state index in [9.17, 15) is 9.59 Å². The second kappa shape index (κ2) is 8.28. The summed E-state index contributed by atoms with van der Waals surface area (Å²) in [6.45, 7) is 5.85. The van der Waals surface area contributed by atoms with Crippen LogP contribution in [-0.2, 0) is 0 Å². The summed E-state index contributed by atoms with van der Waals surface area (Å²) in [5.41, 5.74) is 4.37. The van der Waals surface area contributed by atoms with Crippen LogP contribution in [0.1, 0.15) is 37.4 Å². The van der Waals surface area contributed by atoms with E-state index in [-0.39, 0.29) is 14.1 Å². The number of esters is 1. The minimum absolute atomic E-state index is 0.0331. The van der Waals surface area contributed by atoms with Crippen LogP contribution in [0.25, 0.3) is 0 Å². The van der Waals surface area contributed by atoms with Crippen LogP contribution in [0.15, 0.2) is 66.7 Å². The van der Waals surface area contributed by atoms with E-state index < -0.39 is 5.97 Å². The van der Waals surface area contributed by atoms with Gasteiger partial charge in [0.25, 0.3) is 0 Å². The molecule has 0 spiro atoms. The minimum Gasteiger partial charge on any atom is -0.423 e. The van der Waals surface area contributed by atoms with Crippen molar-refractivity contribution in [2.24, 2.45) is 0 Å². The van der Waals surface area contributed by atoms with Crippen molar-refractivity contribution >= 4 is 25.4 Å². The fourth-order valence-electron chi connectivity index (χ4n) is 2.94. The van der Waals surface area contributed by atoms with E-state index in [1.165, 1.54) is 0 Å². The quantitative estimate of drug-likeness (QED) is 0.359. The number of hydrogen-bond donors (Lipinski definition) is 0. The van der Waals surface area contributed by atoms with Gasteiger partial charge in [-0.05, 0) is 75.6 Å². The van der Waals surface area contributed by atoms with E-state index in [1.54, 1.807) is 36.4 Å². The Bertz CT molecular complexity index is 974. The molecule has 1 atom stereocenters. The predicted molar refractivity (Wildman–Crippen MR) is 111 cm³/mol. The smallest absolute Gasteiger partial charge is 0.343 e. The van der Waals surface area contributed by atoms with Crippen molar-refractivity contribution in [2.45, 2.75) is 20.8 Å². The van der Waals surface area contributed by atoms with Crippen LogP contribution in [0.5, 0.6) is 5.75 Å². The standard InChI is InChI=1S/C23H21O3P/c1-15-8-7-9-16(2)21(15)23(25)27-20-13-12-19(14-17(20)3)26-22(24)18-10-5-4-6-11-18/h4-14,27H,1-3H3. The van der Waals surface area contributed by atoms with E-state index in [4.69, 9.17) is 4.74 Å². The Balaban J connectivity index is 1.75. The molecule has 3 rings (SSSR count). The minimum atomic E-state index is -0.392. The molecule has 0 heterocycles. The molecule has 0 aliphatic heterocycles. The number of ether oxygens (including phenoxy) is 1. The van der Waals surface area contributed by atoms with Gasteiger partial charge >= 0.3 is 5.97 Å². The lowest BCUT2D eigenvalue weighted by molar-refractivity contribution is 0.0734. The molecular weight excluding hydrogens is 355 g/mol. The molecule has 27 heavy (non-hydrogen) atoms. The van der Waals surface area contributed by atoms with Crippen LogP contribution >= 0.6 is 8.58 Å². The molecule has 0 bridgehead atoms. The van der Waals surface area contributed by atoms with Crippen molar-refractivity contribution in [1.82, 2.24) is 0 Å². The van der Waals surface area contributed by atoms with Gasteiger partial charge in [0.1, 0.15) is 5.75 Å². The van der Waals surface area contributed by atoms with Gasteiger partial charge in [-0.25, -0.2) is 4.79 Å². The van der Waals surface area contributed by atoms with Gasteiger partial charge in [0.05, 0.1) is 5.56 Å². The van der Waals surface area contributed by atoms with Gasteiger partial charge in [-0.3, -0.25) is 4.79 Å². The highest BCUT2D eigenvalue weighted by Crippen LogP contribution is 2.26. The van der Waals surface area contributed by atoms with Crippen molar-refractivity contribution in [2.75, 3.05) is 0 Å². The summed E-state index contributed by atoms with van der Waals surface area (Å²) in [6, 6.07) is 20.2. The lowest BCUT2D eigenvalue weighted by Crippen LogP contribution is -2.11. The van der Waals surface area contributed by atoms with Gasteiger partial charge in [-0.2, -0.15) is 0 Å². The highest BCUT2D eigenvalue weighted by molar-refractivity contribution is 7.66. The van der Waals surface area contributed by atoms with Crippen LogP contribution in [0, 0.1) is 20.8 Å². The van der Waals surface area contributed by atoms with Crippen molar-refractivity contribution in [3.8, 4) is 5.75 Å². The molecule has 0 N–H and O–H groups in total. The second-order valence-electron chi connectivity index (χ2n) is 6.45. The third-order valence-electron chi connectivity index (χ3n) is 4.37. The molecule has 4 heteroatoms. The van der Waals surface area contributed by atoms with E-state index in [0.29, 0.717) is 11.3 Å². The lowest BCUT2D eigenvalue weighted by atomic mass is 10.0. The van der Waals surface area contributed by atoms with Crippen molar-refractivity contribution in [1.29, 1.82) is 0 Å². The molecule has 1 unspecified atom stereocenters. The average Bonchev–Trinajstić information content (AvgIpc) is 2.64. The zero-order valence-corrected chi connectivity index (χ0v) is 16.6. The summed E-state index contributed by atoms with van der Waals surface area (Å²) in [4.78, 5) is 25.0. The molecule has 0 fully saturated rings. The molecule has 3 nitrogen and oxygen atoms in total. The third-order valence-corrected chi connectivity index (χ3v) is 5.68. The Morgan fingerprint density at radius 2 is 1.44 bits per heavy atom. The zero-order chi connectivity index (χ0) is 19.4. The SMILES string of the molecule is Cc1cc(OC(=O)c2ccccc2)ccc1PC(=O)c1c(C)cccc1C. The molecule has 0 amide bonds. The molecule has 0 saturated carbocycles. The highest BCUT2D eigenvalue weighted by atomic mass is 31.1. The van der Waals surface area contributed by atoms with Crippen molar-refractivity contribution in [3.63, 3.8) is 0 Å². The Hall–Kier alpha value is -2.77. The topological polar surface area (TPSA) is 43.4 Å². The van der Waals surface area contributed by atoms with Crippen molar-refractivity contribution in [3.05, 3.63) is 94.5 Å². The van der Waals surface area contributed by atoms with E-state index >= 15 is 0 Å². The number of carbonyl (C=O) groups excluding carboxylic acids is 2. The summed E-state index contributed by atoms with van der Waals surface area (Å²) in [5, 5.41) is 0.960. The van der Waals surface area contributed by atoms with Gasteiger partial charge < -0.3 is 4.74 Å². The van der Waals surface area contributed by atoms with Gasteiger partial charge in [0, 0.05) is 5.56 Å². The van der Waals surface area contributed by atoms with E-state index in [2.05, 4.69) is 0 Å². The lowest BCUT2D eigenvalue weighted by Gasteiger charge is -2.11. The highest BCUT2D eigenvalue weighted by Gasteiger charge is 2.15. The molecule has 0 aromatic heterocycles. The fourth-order valence-corrected chi connectivity index (χ4v) is 4.14. The fraction of sp³-hybridized carbons (Fsp3) is 0.130. The molecule has 0 aliphatic rings. The van der Waals surface area contributed by atoms with Gasteiger partial charge in [-0.15, -0.1) is 0 Å². The summed E-state index contributed by atoms with van der Waals surface area (Å²) in [7, 11) is 0.0331. The summed E-state index contributed by atoms with van der Waals surface area (Å²) >= 11 is 0. The number of benzene rings is 3. The molecule has 3 aromatic carbocycles. The molecule has 0 aliphatic carbocycles. The number of carbonyl (C=O) groups is 2. The largest absolute Gasteiger partial charge is 0.423 e. The number of aryl methyl sites for hydroxylation is 3. The first-order chi connectivity index (χ1) is 13.0. The average molecular weight is 376 g/mol. The van der Waals surface area contributed by atoms with Crippen LogP contribution < -0.4 is 10.0 Å². The first kappa shape index (κ1) is 19.0. The normalized spacial score (nSPS) is 10.9. The molecule has 3 aromatic rings. The first-order valence-corrected chi connectivity index (χ1v) is 9.71. The van der Waals surface area contributed by atoms with Gasteiger partial charge in [0.2, 0.25) is 0 Å². The maximum absolute atomic E-state index is 12.8. The predicted octanol–water partition coefficient (Wildman–Crippen LogP) is 4.98. The van der Waals surface area contributed by atoms with Gasteiger partial charge in [0.15, 0.2) is 5.52 Å². The number of hydrogen-bond acceptors (Lipinski definition) is 3. The Labute approximate surface area is 161 Å². The first-order valence-electron chi connectivity index (χ1n) is 8.71. The molecular formula is C23H21O3P. The monoisotopic (exact) mass is 376 g/mol. The second-order valence-corrected chi connectivity index (χ2v) is 7.70. The Kier molecular flexibility index (Phi) is 5.83. The Morgan fingerprint density at radius 1 is 0.778 bits per heavy atom. The van der Waals surface area contributed by atoms with Crippen molar-refractivity contribution < 1.29 is 14.3 Å². The molecule has 0 saturated heterocycles. The Morgan fingerprint density at radius 3 is 2.07 bits per heavy atom. The molecule has 136 valence electrons. The maximum Gasteiger partial charge on any atom is 0.343 e. The van der Waals surface area contributed by atoms with E-state index in [0.717, 1.165) is 27.6 Å². The summed E-state index contributed by atoms with van der Waals surface area (Å²) in [6.07, 6.45) is 0. The van der Waals surface area contributed by atoms with E-state index in [1.807, 2.05) is 51.1 Å². The van der Waals surface area contributed by atoms with Gasteiger partial charge in [-0.1, -0.05) is 42.5 Å². The maximum atomic E-state index is 12.8. The van der Waals surface area contributed by atoms with Crippen LogP contribution in [-0.4, -0.2) is 11.5 Å². The summed E-state index contributed by atoms with van der Waals surface area (Å²) < 4.78 is 5.44.